The lowest BCUT2D eigenvalue weighted by Gasteiger charge is -1.98. The van der Waals surface area contributed by atoms with Crippen molar-refractivity contribution in [1.82, 2.24) is 0 Å². The average Bonchev–Trinajstić information content (AvgIpc) is 2.88. The van der Waals surface area contributed by atoms with E-state index in [2.05, 4.69) is 4.74 Å². The number of esters is 1. The van der Waals surface area contributed by atoms with Crippen molar-refractivity contribution in [1.29, 1.82) is 0 Å². The van der Waals surface area contributed by atoms with Crippen LogP contribution in [-0.2, 0) is 9.53 Å². The predicted octanol–water partition coefficient (Wildman–Crippen LogP) is 3.66. The fraction of sp³-hybridized carbons (Fsp3) is 0.133. The van der Waals surface area contributed by atoms with Gasteiger partial charge in [0, 0.05) is 11.6 Å². The van der Waals surface area contributed by atoms with Crippen molar-refractivity contribution in [3.05, 3.63) is 54.1 Å². The summed E-state index contributed by atoms with van der Waals surface area (Å²) < 4.78 is 23.3. The van der Waals surface area contributed by atoms with Gasteiger partial charge in [0.2, 0.25) is 0 Å². The molecule has 0 fully saturated rings. The quantitative estimate of drug-likeness (QED) is 0.624. The number of carbonyl (C=O) groups excluding carboxylic acids is 1. The van der Waals surface area contributed by atoms with Crippen molar-refractivity contribution >= 4 is 11.5 Å². The molecule has 0 atom stereocenters. The van der Waals surface area contributed by atoms with E-state index < -0.39 is 5.97 Å². The molecule has 2 aromatic rings. The van der Waals surface area contributed by atoms with Crippen molar-refractivity contribution in [2.45, 2.75) is 6.92 Å². The number of rotatable bonds is 3. The van der Waals surface area contributed by atoms with E-state index in [1.165, 1.54) is 25.3 Å². The summed E-state index contributed by atoms with van der Waals surface area (Å²) in [4.78, 5) is 11.1. The average molecular weight is 260 g/mol. The van der Waals surface area contributed by atoms with E-state index in [0.717, 1.165) is 0 Å². The minimum atomic E-state index is -0.443. The van der Waals surface area contributed by atoms with Crippen LogP contribution in [0.3, 0.4) is 0 Å². The van der Waals surface area contributed by atoms with E-state index >= 15 is 0 Å². The maximum Gasteiger partial charge on any atom is 0.330 e. The summed E-state index contributed by atoms with van der Waals surface area (Å²) in [5.41, 5.74) is 1.30. The van der Waals surface area contributed by atoms with Crippen LogP contribution < -0.4 is 0 Å². The van der Waals surface area contributed by atoms with E-state index in [1.54, 1.807) is 31.2 Å². The fourth-order valence-corrected chi connectivity index (χ4v) is 1.65. The highest BCUT2D eigenvalue weighted by Gasteiger charge is 2.08. The molecule has 0 aliphatic rings. The Hall–Kier alpha value is -2.36. The SMILES string of the molecule is COC(=O)/C=C(\C)c1ccc(-c2cccc(F)c2)o1. The van der Waals surface area contributed by atoms with Crippen LogP contribution in [0.2, 0.25) is 0 Å². The van der Waals surface area contributed by atoms with Crippen LogP contribution in [0.4, 0.5) is 4.39 Å². The van der Waals surface area contributed by atoms with Crippen molar-refractivity contribution < 1.29 is 18.3 Å². The van der Waals surface area contributed by atoms with Crippen LogP contribution in [0.1, 0.15) is 12.7 Å². The lowest BCUT2D eigenvalue weighted by Crippen LogP contribution is -1.95. The molecule has 0 aliphatic carbocycles. The lowest BCUT2D eigenvalue weighted by molar-refractivity contribution is -0.134. The highest BCUT2D eigenvalue weighted by molar-refractivity contribution is 5.90. The minimum absolute atomic E-state index is 0.322. The third kappa shape index (κ3) is 3.10. The maximum absolute atomic E-state index is 13.1. The zero-order chi connectivity index (χ0) is 13.8. The predicted molar refractivity (Wildman–Crippen MR) is 69.8 cm³/mol. The summed E-state index contributed by atoms with van der Waals surface area (Å²) in [5, 5.41) is 0. The highest BCUT2D eigenvalue weighted by atomic mass is 19.1. The van der Waals surface area contributed by atoms with Crippen LogP contribution in [0, 0.1) is 5.82 Å². The third-order valence-electron chi connectivity index (χ3n) is 2.64. The summed E-state index contributed by atoms with van der Waals surface area (Å²) in [7, 11) is 1.31. The van der Waals surface area contributed by atoms with E-state index in [9.17, 15) is 9.18 Å². The number of benzene rings is 1. The first-order valence-corrected chi connectivity index (χ1v) is 5.72. The van der Waals surface area contributed by atoms with E-state index in [4.69, 9.17) is 4.42 Å². The standard InChI is InChI=1S/C15H13FO3/c1-10(8-15(17)18-2)13-6-7-14(19-13)11-4-3-5-12(16)9-11/h3-9H,1-2H3/b10-8+. The Labute approximate surface area is 110 Å². The number of furan rings is 1. The van der Waals surface area contributed by atoms with E-state index in [0.29, 0.717) is 22.7 Å². The highest BCUT2D eigenvalue weighted by Crippen LogP contribution is 2.26. The normalized spacial score (nSPS) is 11.4. The minimum Gasteiger partial charge on any atom is -0.466 e. The second kappa shape index (κ2) is 5.52. The zero-order valence-electron chi connectivity index (χ0n) is 10.6. The molecule has 0 spiro atoms. The monoisotopic (exact) mass is 260 g/mol. The first-order valence-electron chi connectivity index (χ1n) is 5.72. The Morgan fingerprint density at radius 3 is 2.79 bits per heavy atom. The number of allylic oxidation sites excluding steroid dienone is 1. The van der Waals surface area contributed by atoms with E-state index in [1.807, 2.05) is 0 Å². The molecule has 0 saturated heterocycles. The largest absolute Gasteiger partial charge is 0.466 e. The number of hydrogen-bond donors (Lipinski definition) is 0. The molecule has 19 heavy (non-hydrogen) atoms. The summed E-state index contributed by atoms with van der Waals surface area (Å²) in [6, 6.07) is 9.60. The molecule has 1 heterocycles. The number of carbonyl (C=O) groups is 1. The van der Waals surface area contributed by atoms with Crippen LogP contribution in [0.15, 0.2) is 46.9 Å². The molecule has 1 aromatic heterocycles. The van der Waals surface area contributed by atoms with Crippen molar-refractivity contribution in [2.24, 2.45) is 0 Å². The molecular formula is C15H13FO3. The summed E-state index contributed by atoms with van der Waals surface area (Å²) in [6.45, 7) is 1.74. The Balaban J connectivity index is 2.29. The molecule has 0 amide bonds. The topological polar surface area (TPSA) is 39.4 Å². The van der Waals surface area contributed by atoms with Gasteiger partial charge in [0.25, 0.3) is 0 Å². The summed E-state index contributed by atoms with van der Waals surface area (Å²) >= 11 is 0. The van der Waals surface area contributed by atoms with Gasteiger partial charge in [0.05, 0.1) is 7.11 Å². The molecule has 0 radical (unpaired) electrons. The van der Waals surface area contributed by atoms with Gasteiger partial charge in [-0.25, -0.2) is 9.18 Å². The fourth-order valence-electron chi connectivity index (χ4n) is 1.65. The molecule has 0 N–H and O–H groups in total. The van der Waals surface area contributed by atoms with Crippen molar-refractivity contribution in [2.75, 3.05) is 7.11 Å². The lowest BCUT2D eigenvalue weighted by atomic mass is 10.2. The summed E-state index contributed by atoms with van der Waals surface area (Å²) in [6.07, 6.45) is 1.34. The van der Waals surface area contributed by atoms with Gasteiger partial charge in [-0.3, -0.25) is 0 Å². The molecular weight excluding hydrogens is 247 g/mol. The van der Waals surface area contributed by atoms with Gasteiger partial charge >= 0.3 is 5.97 Å². The molecule has 1 aromatic carbocycles. The molecule has 98 valence electrons. The second-order valence-electron chi connectivity index (χ2n) is 4.02. The molecule has 0 bridgehead atoms. The van der Waals surface area contributed by atoms with Gasteiger partial charge in [-0.2, -0.15) is 0 Å². The number of halogens is 1. The van der Waals surface area contributed by atoms with Gasteiger partial charge in [-0.1, -0.05) is 12.1 Å². The molecule has 3 nitrogen and oxygen atoms in total. The van der Waals surface area contributed by atoms with Crippen LogP contribution in [0.25, 0.3) is 16.9 Å². The van der Waals surface area contributed by atoms with Gasteiger partial charge in [-0.15, -0.1) is 0 Å². The zero-order valence-corrected chi connectivity index (χ0v) is 10.6. The van der Waals surface area contributed by atoms with E-state index in [-0.39, 0.29) is 5.82 Å². The Bertz CT molecular complexity index is 626. The Morgan fingerprint density at radius 1 is 1.32 bits per heavy atom. The Morgan fingerprint density at radius 2 is 2.11 bits per heavy atom. The van der Waals surface area contributed by atoms with Gasteiger partial charge in [0.1, 0.15) is 17.3 Å². The van der Waals surface area contributed by atoms with Crippen LogP contribution in [0.5, 0.6) is 0 Å². The van der Waals surface area contributed by atoms with Crippen LogP contribution in [-0.4, -0.2) is 13.1 Å². The first kappa shape index (κ1) is 13.1. The number of methoxy groups -OCH3 is 1. The van der Waals surface area contributed by atoms with Gasteiger partial charge in [0.15, 0.2) is 0 Å². The van der Waals surface area contributed by atoms with Crippen LogP contribution >= 0.6 is 0 Å². The van der Waals surface area contributed by atoms with Crippen molar-refractivity contribution in [3.8, 4) is 11.3 Å². The molecule has 4 heteroatoms. The second-order valence-corrected chi connectivity index (χ2v) is 4.02. The molecule has 2 rings (SSSR count). The Kier molecular flexibility index (Phi) is 3.80. The smallest absolute Gasteiger partial charge is 0.330 e. The van der Waals surface area contributed by atoms with Gasteiger partial charge in [-0.05, 0) is 36.8 Å². The molecule has 0 saturated carbocycles. The molecule has 0 unspecified atom stereocenters. The first-order chi connectivity index (χ1) is 9.10. The maximum atomic E-state index is 13.1. The third-order valence-corrected chi connectivity index (χ3v) is 2.64. The number of hydrogen-bond acceptors (Lipinski definition) is 3. The summed E-state index contributed by atoms with van der Waals surface area (Å²) in [5.74, 6) is 0.329. The van der Waals surface area contributed by atoms with Gasteiger partial charge < -0.3 is 9.15 Å². The molecule has 0 aliphatic heterocycles. The number of ether oxygens (including phenoxy) is 1. The van der Waals surface area contributed by atoms with Crippen molar-refractivity contribution in [3.63, 3.8) is 0 Å².